The molecule has 1 rings (SSSR count). The minimum atomic E-state index is -0.0900. The Labute approximate surface area is 94.6 Å². The van der Waals surface area contributed by atoms with Crippen LogP contribution >= 0.6 is 0 Å². The molecule has 3 heteroatoms. The van der Waals surface area contributed by atoms with Crippen LogP contribution in [0.2, 0.25) is 0 Å². The van der Waals surface area contributed by atoms with Crippen LogP contribution in [0, 0.1) is 0 Å². The molecule has 1 heterocycles. The lowest BCUT2D eigenvalue weighted by Crippen LogP contribution is -2.32. The molecule has 0 radical (unpaired) electrons. The third-order valence-electron chi connectivity index (χ3n) is 1.92. The molecule has 0 saturated carbocycles. The van der Waals surface area contributed by atoms with E-state index in [0.29, 0.717) is 22.8 Å². The van der Waals surface area contributed by atoms with Gasteiger partial charge in [0.1, 0.15) is 11.0 Å². The molecule has 0 aliphatic carbocycles. The van der Waals surface area contributed by atoms with E-state index in [1.807, 2.05) is 13.0 Å². The van der Waals surface area contributed by atoms with E-state index in [2.05, 4.69) is 22.3 Å². The molecule has 0 aromatic carbocycles. The van der Waals surface area contributed by atoms with Crippen LogP contribution in [0.15, 0.2) is 24.9 Å². The lowest BCUT2D eigenvalue weighted by molar-refractivity contribution is 0.101. The number of ketones is 1. The van der Waals surface area contributed by atoms with Crippen molar-refractivity contribution in [3.8, 4) is 0 Å². The Morgan fingerprint density at radius 2 is 2.38 bits per heavy atom. The average molecular weight is 214 g/mol. The fraction of sp³-hybridized carbons (Fsp3) is 0.231. The van der Waals surface area contributed by atoms with Gasteiger partial charge >= 0.3 is 0 Å². The topological polar surface area (TPSA) is 42.9 Å². The Bertz CT molecular complexity index is 552. The highest BCUT2D eigenvalue weighted by Gasteiger charge is 2.00. The maximum atomic E-state index is 11.2. The lowest BCUT2D eigenvalue weighted by Gasteiger charge is -1.93. The monoisotopic (exact) mass is 214 g/mol. The Kier molecular flexibility index (Phi) is 4.37. The van der Waals surface area contributed by atoms with Crippen LogP contribution in [0.3, 0.4) is 0 Å². The number of allylic oxidation sites excluding steroid dienone is 2. The van der Waals surface area contributed by atoms with Gasteiger partial charge in [-0.15, -0.1) is 6.58 Å². The summed E-state index contributed by atoms with van der Waals surface area (Å²) in [5.74, 6) is -0.0900. The number of carbonyl (C=O) groups excluding carboxylic acids is 1. The predicted octanol–water partition coefficient (Wildman–Crippen LogP) is 0.991. The van der Waals surface area contributed by atoms with E-state index in [1.165, 1.54) is 13.1 Å². The molecule has 0 unspecified atom stereocenters. The van der Waals surface area contributed by atoms with Crippen LogP contribution in [-0.2, 0) is 0 Å². The van der Waals surface area contributed by atoms with Crippen LogP contribution < -0.4 is 10.7 Å². The summed E-state index contributed by atoms with van der Waals surface area (Å²) in [4.78, 5) is 19.6. The molecular weight excluding hydrogens is 200 g/mol. The van der Waals surface area contributed by atoms with Crippen LogP contribution in [0.25, 0.3) is 11.8 Å². The van der Waals surface area contributed by atoms with Crippen LogP contribution in [0.1, 0.15) is 30.8 Å². The van der Waals surface area contributed by atoms with Gasteiger partial charge in [0, 0.05) is 6.92 Å². The van der Waals surface area contributed by atoms with Gasteiger partial charge in [-0.1, -0.05) is 17.9 Å². The standard InChI is InChI=1S/C13H14N2O/c1-4-6-8-12-11(7-5-2)14-9-13(15-12)10(3)16/h4-5,8-9H,1,6H2,2-3H3/b12-8+. The van der Waals surface area contributed by atoms with E-state index >= 15 is 0 Å². The van der Waals surface area contributed by atoms with Crippen molar-refractivity contribution < 1.29 is 4.79 Å². The first-order valence-corrected chi connectivity index (χ1v) is 5.05. The first-order chi connectivity index (χ1) is 7.69. The van der Waals surface area contributed by atoms with Gasteiger partial charge in [0.05, 0.1) is 11.5 Å². The van der Waals surface area contributed by atoms with E-state index in [1.54, 1.807) is 12.2 Å². The predicted molar refractivity (Wildman–Crippen MR) is 64.2 cm³/mol. The molecule has 0 aliphatic heterocycles. The summed E-state index contributed by atoms with van der Waals surface area (Å²) in [7, 11) is 0. The summed E-state index contributed by atoms with van der Waals surface area (Å²) in [6.45, 7) is 6.97. The largest absolute Gasteiger partial charge is 0.293 e. The van der Waals surface area contributed by atoms with Crippen molar-refractivity contribution in [2.24, 2.45) is 0 Å². The molecule has 0 spiro atoms. The van der Waals surface area contributed by atoms with Gasteiger partial charge in [0.25, 0.3) is 0 Å². The van der Waals surface area contributed by atoms with Crippen molar-refractivity contribution in [1.29, 1.82) is 0 Å². The molecule has 82 valence electrons. The van der Waals surface area contributed by atoms with Gasteiger partial charge in [0.2, 0.25) is 0 Å². The lowest BCUT2D eigenvalue weighted by atomic mass is 10.3. The van der Waals surface area contributed by atoms with Gasteiger partial charge in [-0.2, -0.15) is 0 Å². The molecule has 0 aliphatic rings. The average Bonchev–Trinajstić information content (AvgIpc) is 2.27. The Hall–Kier alpha value is -1.99. The number of carbonyl (C=O) groups is 1. The highest BCUT2D eigenvalue weighted by Crippen LogP contribution is 1.86. The van der Waals surface area contributed by atoms with Gasteiger partial charge in [0.15, 0.2) is 5.78 Å². The molecule has 16 heavy (non-hydrogen) atoms. The van der Waals surface area contributed by atoms with Crippen LogP contribution in [0.5, 0.6) is 0 Å². The zero-order valence-electron chi connectivity index (χ0n) is 9.53. The molecule has 3 nitrogen and oxygen atoms in total. The van der Waals surface area contributed by atoms with E-state index in [0.717, 1.165) is 0 Å². The van der Waals surface area contributed by atoms with E-state index in [9.17, 15) is 4.79 Å². The second-order valence-corrected chi connectivity index (χ2v) is 3.21. The Balaban J connectivity index is 3.51. The SMILES string of the molecule is C=CC/C=c1/nc(C(C)=O)cnc1=C=CC. The number of aromatic nitrogens is 2. The Morgan fingerprint density at radius 3 is 2.94 bits per heavy atom. The maximum Gasteiger partial charge on any atom is 0.179 e. The molecule has 0 amide bonds. The van der Waals surface area contributed by atoms with E-state index in [-0.39, 0.29) is 5.78 Å². The third kappa shape index (κ3) is 3.01. The smallest absolute Gasteiger partial charge is 0.179 e. The highest BCUT2D eigenvalue weighted by molar-refractivity contribution is 5.91. The fourth-order valence-corrected chi connectivity index (χ4v) is 1.16. The Morgan fingerprint density at radius 1 is 1.62 bits per heavy atom. The van der Waals surface area contributed by atoms with Crippen LogP contribution in [-0.4, -0.2) is 15.8 Å². The van der Waals surface area contributed by atoms with Gasteiger partial charge < -0.3 is 0 Å². The van der Waals surface area contributed by atoms with Gasteiger partial charge in [-0.25, -0.2) is 9.97 Å². The van der Waals surface area contributed by atoms with Gasteiger partial charge in [-0.05, 0) is 19.4 Å². The fourth-order valence-electron chi connectivity index (χ4n) is 1.16. The zero-order valence-corrected chi connectivity index (χ0v) is 9.53. The summed E-state index contributed by atoms with van der Waals surface area (Å²) in [5.41, 5.74) is 3.35. The molecule has 1 aromatic heterocycles. The van der Waals surface area contributed by atoms with E-state index in [4.69, 9.17) is 0 Å². The zero-order chi connectivity index (χ0) is 12.0. The van der Waals surface area contributed by atoms with Crippen molar-refractivity contribution in [2.45, 2.75) is 20.3 Å². The summed E-state index contributed by atoms with van der Waals surface area (Å²) in [6, 6.07) is 0. The molecule has 0 atom stereocenters. The van der Waals surface area contributed by atoms with Crippen LogP contribution in [0.4, 0.5) is 0 Å². The minimum Gasteiger partial charge on any atom is -0.293 e. The number of hydrogen-bond acceptors (Lipinski definition) is 3. The minimum absolute atomic E-state index is 0.0900. The molecule has 0 fully saturated rings. The number of Topliss-reactive ketones (excluding diaryl/α,β-unsaturated/α-hetero) is 1. The molecule has 0 bridgehead atoms. The van der Waals surface area contributed by atoms with Crippen molar-refractivity contribution in [3.05, 3.63) is 41.3 Å². The summed E-state index contributed by atoms with van der Waals surface area (Å²) >= 11 is 0. The number of rotatable bonds is 3. The second kappa shape index (κ2) is 5.79. The van der Waals surface area contributed by atoms with Crippen molar-refractivity contribution in [3.63, 3.8) is 0 Å². The second-order valence-electron chi connectivity index (χ2n) is 3.21. The first-order valence-electron chi connectivity index (χ1n) is 5.05. The number of nitrogens with zero attached hydrogens (tertiary/aromatic N) is 2. The normalized spacial score (nSPS) is 10.8. The number of hydrogen-bond donors (Lipinski definition) is 0. The molecule has 1 aromatic rings. The van der Waals surface area contributed by atoms with E-state index < -0.39 is 0 Å². The molecule has 0 saturated heterocycles. The van der Waals surface area contributed by atoms with Crippen molar-refractivity contribution >= 4 is 17.6 Å². The third-order valence-corrected chi connectivity index (χ3v) is 1.92. The highest BCUT2D eigenvalue weighted by atomic mass is 16.1. The summed E-state index contributed by atoms with van der Waals surface area (Å²) in [5, 5.41) is 1.32. The molecular formula is C13H14N2O. The van der Waals surface area contributed by atoms with Gasteiger partial charge in [-0.3, -0.25) is 4.79 Å². The molecule has 0 N–H and O–H groups in total. The summed E-state index contributed by atoms with van der Waals surface area (Å²) < 4.78 is 0. The summed E-state index contributed by atoms with van der Waals surface area (Å²) in [6.07, 6.45) is 7.57. The van der Waals surface area contributed by atoms with Crippen molar-refractivity contribution in [2.75, 3.05) is 0 Å². The quantitative estimate of drug-likeness (QED) is 0.556. The van der Waals surface area contributed by atoms with Crippen molar-refractivity contribution in [1.82, 2.24) is 9.97 Å². The first kappa shape index (κ1) is 12.1. The maximum absolute atomic E-state index is 11.2.